The Morgan fingerprint density at radius 3 is 2.33 bits per heavy atom. The van der Waals surface area contributed by atoms with Crippen molar-refractivity contribution >= 4 is 0 Å². The van der Waals surface area contributed by atoms with Gasteiger partial charge < -0.3 is 5.32 Å². The minimum absolute atomic E-state index is 0.516. The zero-order valence-electron chi connectivity index (χ0n) is 6.49. The molecule has 56 valence electrons. The zero-order valence-corrected chi connectivity index (χ0v) is 6.49. The lowest BCUT2D eigenvalue weighted by Gasteiger charge is -2.08. The third-order valence-corrected chi connectivity index (χ3v) is 0.891. The summed E-state index contributed by atoms with van der Waals surface area (Å²) in [6, 6.07) is 0.516. The largest absolute Gasteiger partial charge is 0.318 e. The Bertz CT molecular complexity index is 54.3. The molecule has 0 heterocycles. The van der Waals surface area contributed by atoms with Crippen molar-refractivity contribution in [3.05, 3.63) is 0 Å². The Kier molecular flexibility index (Phi) is 5.93. The maximum absolute atomic E-state index is 3.09. The Labute approximate surface area is 57.2 Å². The Balaban J connectivity index is 2.75. The summed E-state index contributed by atoms with van der Waals surface area (Å²) in [5.74, 6) is 0. The molecule has 3 nitrogen and oxygen atoms in total. The molecular weight excluding hydrogens is 114 g/mol. The first kappa shape index (κ1) is 8.88. The highest BCUT2D eigenvalue weighted by Gasteiger charge is 1.87. The van der Waals surface area contributed by atoms with Crippen molar-refractivity contribution in [2.24, 2.45) is 0 Å². The Morgan fingerprint density at radius 2 is 1.89 bits per heavy atom. The number of likely N-dealkylation sites (N-methyl/N-ethyl adjacent to an activating group) is 1. The van der Waals surface area contributed by atoms with Crippen molar-refractivity contribution in [1.29, 1.82) is 0 Å². The summed E-state index contributed by atoms with van der Waals surface area (Å²) in [5, 5.41) is 3.04. The van der Waals surface area contributed by atoms with Gasteiger partial charge in [0.05, 0.1) is 0 Å². The van der Waals surface area contributed by atoms with E-state index in [1.165, 1.54) is 0 Å². The van der Waals surface area contributed by atoms with Crippen LogP contribution in [-0.4, -0.2) is 26.2 Å². The summed E-state index contributed by atoms with van der Waals surface area (Å²) in [5.41, 5.74) is 6.16. The first-order valence-electron chi connectivity index (χ1n) is 3.40. The summed E-state index contributed by atoms with van der Waals surface area (Å²) in [6.45, 7) is 6.17. The van der Waals surface area contributed by atoms with Gasteiger partial charge in [-0.3, -0.25) is 10.9 Å². The van der Waals surface area contributed by atoms with Gasteiger partial charge in [-0.2, -0.15) is 0 Å². The average Bonchev–Trinajstić information content (AvgIpc) is 1.80. The lowest BCUT2D eigenvalue weighted by molar-refractivity contribution is 0.470. The second kappa shape index (κ2) is 6.01. The van der Waals surface area contributed by atoms with Gasteiger partial charge in [0, 0.05) is 19.1 Å². The van der Waals surface area contributed by atoms with Crippen LogP contribution < -0.4 is 16.2 Å². The maximum atomic E-state index is 3.09. The molecule has 0 aliphatic rings. The second-order valence-corrected chi connectivity index (χ2v) is 2.33. The molecular formula is C6H17N3. The highest BCUT2D eigenvalue weighted by molar-refractivity contribution is 4.47. The maximum Gasteiger partial charge on any atom is 0.0225 e. The molecule has 0 atom stereocenters. The first-order chi connectivity index (χ1) is 4.27. The molecule has 9 heavy (non-hydrogen) atoms. The molecule has 3 heteroatoms. The van der Waals surface area contributed by atoms with Crippen LogP contribution in [0.15, 0.2) is 0 Å². The first-order valence-corrected chi connectivity index (χ1v) is 3.40. The van der Waals surface area contributed by atoms with Gasteiger partial charge in [-0.1, -0.05) is 0 Å². The van der Waals surface area contributed by atoms with Gasteiger partial charge >= 0.3 is 0 Å². The third-order valence-electron chi connectivity index (χ3n) is 0.891. The van der Waals surface area contributed by atoms with Crippen molar-refractivity contribution < 1.29 is 0 Å². The van der Waals surface area contributed by atoms with Crippen molar-refractivity contribution in [2.75, 3.05) is 20.1 Å². The van der Waals surface area contributed by atoms with Crippen LogP contribution in [0.25, 0.3) is 0 Å². The van der Waals surface area contributed by atoms with E-state index in [2.05, 4.69) is 30.0 Å². The van der Waals surface area contributed by atoms with E-state index in [9.17, 15) is 0 Å². The Hall–Kier alpha value is -0.120. The van der Waals surface area contributed by atoms with E-state index in [0.29, 0.717) is 6.04 Å². The Morgan fingerprint density at radius 1 is 1.22 bits per heavy atom. The van der Waals surface area contributed by atoms with Crippen LogP contribution in [0.2, 0.25) is 0 Å². The molecule has 0 unspecified atom stereocenters. The van der Waals surface area contributed by atoms with Crippen molar-refractivity contribution in [2.45, 2.75) is 19.9 Å². The summed E-state index contributed by atoms with van der Waals surface area (Å²) in [7, 11) is 1.94. The number of hydrogen-bond acceptors (Lipinski definition) is 3. The molecule has 0 aromatic carbocycles. The lowest BCUT2D eigenvalue weighted by atomic mass is 10.4. The minimum Gasteiger partial charge on any atom is -0.318 e. The molecule has 0 aliphatic carbocycles. The molecule has 0 amide bonds. The van der Waals surface area contributed by atoms with E-state index in [-0.39, 0.29) is 0 Å². The molecule has 0 bridgehead atoms. The fourth-order valence-corrected chi connectivity index (χ4v) is 0.464. The van der Waals surface area contributed by atoms with E-state index >= 15 is 0 Å². The molecule has 0 aromatic rings. The fourth-order valence-electron chi connectivity index (χ4n) is 0.464. The lowest BCUT2D eigenvalue weighted by Crippen LogP contribution is -2.40. The number of rotatable bonds is 5. The van der Waals surface area contributed by atoms with Crippen molar-refractivity contribution in [3.63, 3.8) is 0 Å². The molecule has 0 aromatic heterocycles. The molecule has 0 saturated heterocycles. The van der Waals surface area contributed by atoms with E-state index in [1.807, 2.05) is 7.05 Å². The van der Waals surface area contributed by atoms with Crippen molar-refractivity contribution in [3.8, 4) is 0 Å². The highest BCUT2D eigenvalue weighted by Crippen LogP contribution is 1.68. The van der Waals surface area contributed by atoms with Gasteiger partial charge in [0.15, 0.2) is 0 Å². The molecule has 0 saturated carbocycles. The second-order valence-electron chi connectivity index (χ2n) is 2.33. The molecule has 0 radical (unpaired) electrons. The summed E-state index contributed by atoms with van der Waals surface area (Å²) in [6.07, 6.45) is 0. The molecule has 0 aliphatic heterocycles. The average molecular weight is 131 g/mol. The van der Waals surface area contributed by atoms with Crippen LogP contribution in [0.5, 0.6) is 0 Å². The summed E-state index contributed by atoms with van der Waals surface area (Å²) in [4.78, 5) is 0. The van der Waals surface area contributed by atoms with Gasteiger partial charge in [0.2, 0.25) is 0 Å². The summed E-state index contributed by atoms with van der Waals surface area (Å²) < 4.78 is 0. The van der Waals surface area contributed by atoms with Gasteiger partial charge in [0.1, 0.15) is 0 Å². The standard InChI is InChI=1S/C6H17N3/c1-6(2)9-8-5-4-7-3/h6-9H,4-5H2,1-3H3. The topological polar surface area (TPSA) is 36.1 Å². The third kappa shape index (κ3) is 7.88. The van der Waals surface area contributed by atoms with Gasteiger partial charge in [-0.25, -0.2) is 0 Å². The van der Waals surface area contributed by atoms with Crippen LogP contribution in [0.3, 0.4) is 0 Å². The predicted octanol–water partition coefficient (Wildman–Crippen LogP) is -0.292. The fraction of sp³-hybridized carbons (Fsp3) is 1.00. The van der Waals surface area contributed by atoms with Crippen LogP contribution in [0, 0.1) is 0 Å². The van der Waals surface area contributed by atoms with Gasteiger partial charge in [-0.15, -0.1) is 0 Å². The van der Waals surface area contributed by atoms with Gasteiger partial charge in [0.25, 0.3) is 0 Å². The van der Waals surface area contributed by atoms with Crippen LogP contribution >= 0.6 is 0 Å². The number of hydrazine groups is 1. The summed E-state index contributed by atoms with van der Waals surface area (Å²) >= 11 is 0. The monoisotopic (exact) mass is 131 g/mol. The van der Waals surface area contributed by atoms with Crippen LogP contribution in [-0.2, 0) is 0 Å². The van der Waals surface area contributed by atoms with Crippen molar-refractivity contribution in [1.82, 2.24) is 16.2 Å². The van der Waals surface area contributed by atoms with Gasteiger partial charge in [-0.05, 0) is 20.9 Å². The smallest absolute Gasteiger partial charge is 0.0225 e. The molecule has 0 fully saturated rings. The van der Waals surface area contributed by atoms with E-state index in [1.54, 1.807) is 0 Å². The van der Waals surface area contributed by atoms with Crippen LogP contribution in [0.4, 0.5) is 0 Å². The minimum atomic E-state index is 0.516. The molecule has 0 spiro atoms. The normalized spacial score (nSPS) is 10.7. The predicted molar refractivity (Wildman–Crippen MR) is 40.2 cm³/mol. The van der Waals surface area contributed by atoms with E-state index in [0.717, 1.165) is 13.1 Å². The van der Waals surface area contributed by atoms with E-state index < -0.39 is 0 Å². The van der Waals surface area contributed by atoms with E-state index in [4.69, 9.17) is 0 Å². The zero-order chi connectivity index (χ0) is 7.11. The van der Waals surface area contributed by atoms with Crippen LogP contribution in [0.1, 0.15) is 13.8 Å². The quantitative estimate of drug-likeness (QED) is 0.354. The molecule has 0 rings (SSSR count). The number of nitrogens with one attached hydrogen (secondary N) is 3. The molecule has 3 N–H and O–H groups in total. The number of hydrogen-bond donors (Lipinski definition) is 3. The highest BCUT2D eigenvalue weighted by atomic mass is 15.4. The SMILES string of the molecule is CNCCNNC(C)C.